The molecule has 4 aromatic rings. The molecule has 0 aliphatic carbocycles. The van der Waals surface area contributed by atoms with Crippen molar-refractivity contribution in [2.45, 2.75) is 19.9 Å². The first-order valence-electron chi connectivity index (χ1n) is 9.51. The topological polar surface area (TPSA) is 46.9 Å². The Morgan fingerprint density at radius 2 is 1.87 bits per heavy atom. The third-order valence-corrected chi connectivity index (χ3v) is 6.35. The molecule has 8 heteroatoms. The van der Waals surface area contributed by atoms with Crippen LogP contribution in [0.2, 0.25) is 10.0 Å². The highest BCUT2D eigenvalue weighted by Crippen LogP contribution is 2.35. The maximum absolute atomic E-state index is 13.8. The minimum Gasteiger partial charge on any atom is -0.344 e. The number of amides is 1. The van der Waals surface area contributed by atoms with Gasteiger partial charge in [-0.25, -0.2) is 4.68 Å². The van der Waals surface area contributed by atoms with Crippen LogP contribution in [0.3, 0.4) is 0 Å². The first-order chi connectivity index (χ1) is 14.8. The van der Waals surface area contributed by atoms with Crippen molar-refractivity contribution in [3.05, 3.63) is 92.7 Å². The molecule has 0 saturated heterocycles. The predicted molar refractivity (Wildman–Crippen MR) is 124 cm³/mol. The SMILES string of the molecule is Cc1c(C(=O)N[C@H](C)c2ccccc2)nn(-c2ccc(Cl)cc2Cl)c1-c1ccc(F)s1. The second kappa shape index (κ2) is 8.83. The molecule has 1 amide bonds. The molecule has 158 valence electrons. The Hall–Kier alpha value is -2.67. The highest BCUT2D eigenvalue weighted by Gasteiger charge is 2.25. The molecule has 31 heavy (non-hydrogen) atoms. The third-order valence-electron chi connectivity index (χ3n) is 4.93. The van der Waals surface area contributed by atoms with Gasteiger partial charge in [0.15, 0.2) is 10.8 Å². The smallest absolute Gasteiger partial charge is 0.272 e. The molecule has 4 nitrogen and oxygen atoms in total. The molecule has 1 N–H and O–H groups in total. The van der Waals surface area contributed by atoms with Crippen molar-refractivity contribution in [2.24, 2.45) is 0 Å². The van der Waals surface area contributed by atoms with Crippen molar-refractivity contribution in [3.8, 4) is 16.3 Å². The number of hydrogen-bond donors (Lipinski definition) is 1. The van der Waals surface area contributed by atoms with E-state index in [9.17, 15) is 9.18 Å². The first-order valence-corrected chi connectivity index (χ1v) is 11.1. The van der Waals surface area contributed by atoms with Crippen molar-refractivity contribution < 1.29 is 9.18 Å². The summed E-state index contributed by atoms with van der Waals surface area (Å²) in [7, 11) is 0. The van der Waals surface area contributed by atoms with Crippen molar-refractivity contribution in [1.29, 1.82) is 0 Å². The Balaban J connectivity index is 1.79. The van der Waals surface area contributed by atoms with Crippen LogP contribution in [-0.4, -0.2) is 15.7 Å². The van der Waals surface area contributed by atoms with Crippen LogP contribution in [0, 0.1) is 12.1 Å². The zero-order valence-corrected chi connectivity index (χ0v) is 19.0. The number of rotatable bonds is 5. The molecule has 2 heterocycles. The molecule has 0 saturated carbocycles. The number of nitrogens with one attached hydrogen (secondary N) is 1. The highest BCUT2D eigenvalue weighted by molar-refractivity contribution is 7.13. The van der Waals surface area contributed by atoms with Crippen LogP contribution in [0.25, 0.3) is 16.3 Å². The number of thiophene rings is 1. The molecule has 0 bridgehead atoms. The van der Waals surface area contributed by atoms with E-state index in [2.05, 4.69) is 10.4 Å². The summed E-state index contributed by atoms with van der Waals surface area (Å²) in [4.78, 5) is 13.8. The number of nitrogens with zero attached hydrogens (tertiary/aromatic N) is 2. The maximum atomic E-state index is 13.8. The molecule has 0 aliphatic heterocycles. The predicted octanol–water partition coefficient (Wildman–Crippen LogP) is 6.85. The van der Waals surface area contributed by atoms with Gasteiger partial charge in [-0.3, -0.25) is 4.79 Å². The van der Waals surface area contributed by atoms with E-state index >= 15 is 0 Å². The normalized spacial score (nSPS) is 12.0. The Kier molecular flexibility index (Phi) is 6.14. The molecule has 2 aromatic heterocycles. The van der Waals surface area contributed by atoms with Crippen molar-refractivity contribution >= 4 is 40.4 Å². The van der Waals surface area contributed by atoms with Crippen molar-refractivity contribution in [3.63, 3.8) is 0 Å². The van der Waals surface area contributed by atoms with Gasteiger partial charge in [0, 0.05) is 10.6 Å². The van der Waals surface area contributed by atoms with Crippen LogP contribution in [0.15, 0.2) is 60.7 Å². The first kappa shape index (κ1) is 21.6. The highest BCUT2D eigenvalue weighted by atomic mass is 35.5. The van der Waals surface area contributed by atoms with Gasteiger partial charge in [-0.2, -0.15) is 9.49 Å². The number of hydrogen-bond acceptors (Lipinski definition) is 3. The van der Waals surface area contributed by atoms with Gasteiger partial charge in [-0.1, -0.05) is 53.5 Å². The summed E-state index contributed by atoms with van der Waals surface area (Å²) in [5.74, 6) is -0.323. The van der Waals surface area contributed by atoms with Crippen LogP contribution in [0.1, 0.15) is 34.6 Å². The van der Waals surface area contributed by atoms with Crippen LogP contribution < -0.4 is 5.32 Å². The summed E-state index contributed by atoms with van der Waals surface area (Å²) < 4.78 is 15.4. The van der Waals surface area contributed by atoms with Gasteiger partial charge in [0.2, 0.25) is 0 Å². The summed E-state index contributed by atoms with van der Waals surface area (Å²) in [6.07, 6.45) is 0. The second-order valence-corrected chi connectivity index (χ2v) is 8.92. The maximum Gasteiger partial charge on any atom is 0.272 e. The van der Waals surface area contributed by atoms with Gasteiger partial charge >= 0.3 is 0 Å². The lowest BCUT2D eigenvalue weighted by Gasteiger charge is -2.13. The van der Waals surface area contributed by atoms with Crippen molar-refractivity contribution in [2.75, 3.05) is 0 Å². The molecule has 0 unspecified atom stereocenters. The van der Waals surface area contributed by atoms with Gasteiger partial charge < -0.3 is 5.32 Å². The Bertz CT molecular complexity index is 1250. The number of aromatic nitrogens is 2. The van der Waals surface area contributed by atoms with E-state index in [1.54, 1.807) is 35.9 Å². The zero-order chi connectivity index (χ0) is 22.1. The van der Waals surface area contributed by atoms with E-state index in [4.69, 9.17) is 23.2 Å². The average molecular weight is 474 g/mol. The molecule has 0 fully saturated rings. The number of carbonyl (C=O) groups is 1. The summed E-state index contributed by atoms with van der Waals surface area (Å²) in [6.45, 7) is 3.70. The number of carbonyl (C=O) groups excluding carboxylic acids is 1. The van der Waals surface area contributed by atoms with Gasteiger partial charge in [-0.15, -0.1) is 11.3 Å². The monoisotopic (exact) mass is 473 g/mol. The van der Waals surface area contributed by atoms with Gasteiger partial charge in [0.05, 0.1) is 27.3 Å². The average Bonchev–Trinajstić information content (AvgIpc) is 3.31. The van der Waals surface area contributed by atoms with Crippen LogP contribution in [0.4, 0.5) is 4.39 Å². The zero-order valence-electron chi connectivity index (χ0n) is 16.7. The Morgan fingerprint density at radius 1 is 1.13 bits per heavy atom. The molecular weight excluding hydrogens is 456 g/mol. The molecule has 1 atom stereocenters. The lowest BCUT2D eigenvalue weighted by Crippen LogP contribution is -2.27. The quantitative estimate of drug-likeness (QED) is 0.344. The lowest BCUT2D eigenvalue weighted by molar-refractivity contribution is 0.0934. The molecule has 0 spiro atoms. The second-order valence-electron chi connectivity index (χ2n) is 7.04. The molecule has 4 rings (SSSR count). The fraction of sp³-hybridized carbons (Fsp3) is 0.130. The van der Waals surface area contributed by atoms with E-state index < -0.39 is 0 Å². The minimum absolute atomic E-state index is 0.208. The van der Waals surface area contributed by atoms with E-state index in [1.807, 2.05) is 37.3 Å². The van der Waals surface area contributed by atoms with Crippen molar-refractivity contribution in [1.82, 2.24) is 15.1 Å². The fourth-order valence-electron chi connectivity index (χ4n) is 3.36. The molecule has 0 aliphatic rings. The van der Waals surface area contributed by atoms with E-state index in [-0.39, 0.29) is 22.8 Å². The number of benzene rings is 2. The van der Waals surface area contributed by atoms with E-state index in [1.165, 1.54) is 6.07 Å². The van der Waals surface area contributed by atoms with Gasteiger partial charge in [-0.05, 0) is 49.7 Å². The largest absolute Gasteiger partial charge is 0.344 e. The Labute approximate surface area is 193 Å². The summed E-state index contributed by atoms with van der Waals surface area (Å²) in [6, 6.07) is 17.5. The summed E-state index contributed by atoms with van der Waals surface area (Å²) in [5.41, 5.74) is 3.02. The van der Waals surface area contributed by atoms with Crippen LogP contribution in [0.5, 0.6) is 0 Å². The van der Waals surface area contributed by atoms with Crippen LogP contribution >= 0.6 is 34.5 Å². The summed E-state index contributed by atoms with van der Waals surface area (Å²) >= 11 is 13.4. The standard InChI is InChI=1S/C23H18Cl2FN3OS/c1-13-21(23(30)27-14(2)15-6-4-3-5-7-15)28-29(18-9-8-16(24)12-17(18)25)22(13)19-10-11-20(26)31-19/h3-12,14H,1-2H3,(H,27,30)/t14-/m1/s1. The number of halogens is 3. The molecular formula is C23H18Cl2FN3OS. The van der Waals surface area contributed by atoms with Gasteiger partial charge in [0.25, 0.3) is 5.91 Å². The fourth-order valence-corrected chi connectivity index (χ4v) is 4.67. The lowest BCUT2D eigenvalue weighted by atomic mass is 10.1. The minimum atomic E-state index is -0.326. The summed E-state index contributed by atoms with van der Waals surface area (Å²) in [5, 5.41) is 8.08. The van der Waals surface area contributed by atoms with Gasteiger partial charge in [0.1, 0.15) is 0 Å². The molecule has 0 radical (unpaired) electrons. The Morgan fingerprint density at radius 3 is 2.52 bits per heavy atom. The molecule has 2 aromatic carbocycles. The third kappa shape index (κ3) is 4.37. The van der Waals surface area contributed by atoms with E-state index in [0.717, 1.165) is 16.9 Å². The van der Waals surface area contributed by atoms with E-state index in [0.29, 0.717) is 31.9 Å². The van der Waals surface area contributed by atoms with Crippen LogP contribution in [-0.2, 0) is 0 Å².